The summed E-state index contributed by atoms with van der Waals surface area (Å²) in [6.07, 6.45) is 3.67. The van der Waals surface area contributed by atoms with E-state index in [0.717, 1.165) is 38.5 Å². The van der Waals surface area contributed by atoms with Crippen LogP contribution < -0.4 is 4.74 Å². The number of fused-ring (bicyclic) bond motifs is 5. The Morgan fingerprint density at radius 3 is 2.38 bits per heavy atom. The van der Waals surface area contributed by atoms with E-state index in [4.69, 9.17) is 4.74 Å². The lowest BCUT2D eigenvalue weighted by Gasteiger charge is -2.63. The maximum absolute atomic E-state index is 16.0. The predicted octanol–water partition coefficient (Wildman–Crippen LogP) is 6.91. The Kier molecular flexibility index (Phi) is 7.87. The molecule has 4 nitrogen and oxygen atoms in total. The van der Waals surface area contributed by atoms with Crippen molar-refractivity contribution in [3.8, 4) is 5.75 Å². The average molecular weight is 553 g/mol. The summed E-state index contributed by atoms with van der Waals surface area (Å²) in [5.74, 6) is -3.47. The third kappa shape index (κ3) is 4.82. The first kappa shape index (κ1) is 29.2. The second-order valence-corrected chi connectivity index (χ2v) is 14.0. The van der Waals surface area contributed by atoms with Gasteiger partial charge in [-0.15, -0.1) is 0 Å². The molecule has 0 saturated heterocycles. The molecule has 3 N–H and O–H groups in total. The van der Waals surface area contributed by atoms with Gasteiger partial charge in [-0.2, -0.15) is 0 Å². The number of ether oxygens (including phenoxy) is 1. The fraction of sp³-hybridized carbons (Fsp3) is 0.812. The zero-order chi connectivity index (χ0) is 28.3. The van der Waals surface area contributed by atoms with Crippen LogP contribution in [0.5, 0.6) is 5.75 Å². The van der Waals surface area contributed by atoms with Gasteiger partial charge < -0.3 is 20.1 Å². The number of benzene rings is 1. The normalized spacial score (nSPS) is 42.7. The summed E-state index contributed by atoms with van der Waals surface area (Å²) in [7, 11) is 1.51. The van der Waals surface area contributed by atoms with Gasteiger partial charge in [-0.05, 0) is 104 Å². The topological polar surface area (TPSA) is 69.9 Å². The van der Waals surface area contributed by atoms with E-state index in [-0.39, 0.29) is 29.1 Å². The van der Waals surface area contributed by atoms with Crippen LogP contribution in [0.25, 0.3) is 0 Å². The van der Waals surface area contributed by atoms with E-state index in [0.29, 0.717) is 42.4 Å². The van der Waals surface area contributed by atoms with E-state index in [1.165, 1.54) is 25.3 Å². The van der Waals surface area contributed by atoms with E-state index in [9.17, 15) is 19.7 Å². The molecule has 5 rings (SSSR count). The van der Waals surface area contributed by atoms with Crippen LogP contribution in [0.3, 0.4) is 0 Å². The Hall–Kier alpha value is -1.31. The average Bonchev–Trinajstić information content (AvgIpc) is 3.24. The van der Waals surface area contributed by atoms with Crippen molar-refractivity contribution < 1.29 is 33.2 Å². The lowest BCUT2D eigenvalue weighted by molar-refractivity contribution is -0.258. The maximum Gasteiger partial charge on any atom is 0.251 e. The molecule has 11 atom stereocenters. The summed E-state index contributed by atoms with van der Waals surface area (Å²) in [6.45, 7) is 6.59. The number of methoxy groups -OCH3 is 1. The van der Waals surface area contributed by atoms with Crippen LogP contribution in [0.15, 0.2) is 18.2 Å². The first-order valence-electron chi connectivity index (χ1n) is 15.1. The molecule has 0 amide bonds. The Morgan fingerprint density at radius 2 is 1.67 bits per heavy atom. The van der Waals surface area contributed by atoms with E-state index in [2.05, 4.69) is 20.8 Å². The van der Waals surface area contributed by atoms with Gasteiger partial charge in [0.2, 0.25) is 0 Å². The molecule has 4 saturated carbocycles. The highest BCUT2D eigenvalue weighted by molar-refractivity contribution is 5.35. The number of halogens is 3. The second-order valence-electron chi connectivity index (χ2n) is 14.0. The summed E-state index contributed by atoms with van der Waals surface area (Å²) in [4.78, 5) is 0. The lowest BCUT2D eigenvalue weighted by atomic mass is 9.43. The van der Waals surface area contributed by atoms with E-state index < -0.39 is 41.9 Å². The summed E-state index contributed by atoms with van der Waals surface area (Å²) in [6, 6.07) is 4.18. The summed E-state index contributed by atoms with van der Waals surface area (Å²) in [5, 5.41) is 31.7. The number of alkyl halides is 2. The van der Waals surface area contributed by atoms with Crippen LogP contribution in [-0.4, -0.2) is 40.6 Å². The van der Waals surface area contributed by atoms with Gasteiger partial charge in [-0.25, -0.2) is 13.2 Å². The maximum atomic E-state index is 16.0. The monoisotopic (exact) mass is 552 g/mol. The summed E-state index contributed by atoms with van der Waals surface area (Å²) >= 11 is 0. The molecule has 1 unspecified atom stereocenters. The van der Waals surface area contributed by atoms with E-state index >= 15 is 8.78 Å². The van der Waals surface area contributed by atoms with Gasteiger partial charge >= 0.3 is 0 Å². The minimum Gasteiger partial charge on any atom is -0.496 e. The quantitative estimate of drug-likeness (QED) is 0.344. The van der Waals surface area contributed by atoms with Gasteiger partial charge in [0.05, 0.1) is 25.4 Å². The third-order valence-electron chi connectivity index (χ3n) is 12.2. The first-order valence-corrected chi connectivity index (χ1v) is 15.1. The van der Waals surface area contributed by atoms with Gasteiger partial charge in [0.1, 0.15) is 11.6 Å². The van der Waals surface area contributed by atoms with Crippen LogP contribution in [-0.2, 0) is 0 Å². The van der Waals surface area contributed by atoms with Crippen molar-refractivity contribution in [2.24, 2.45) is 46.3 Å². The van der Waals surface area contributed by atoms with E-state index in [1.807, 2.05) is 0 Å². The Morgan fingerprint density at radius 1 is 0.974 bits per heavy atom. The van der Waals surface area contributed by atoms with Gasteiger partial charge in [-0.3, -0.25) is 0 Å². The largest absolute Gasteiger partial charge is 0.496 e. The Bertz CT molecular complexity index is 1030. The number of aliphatic hydroxyl groups excluding tert-OH is 3. The first-order chi connectivity index (χ1) is 18.3. The Labute approximate surface area is 231 Å². The van der Waals surface area contributed by atoms with Crippen LogP contribution >= 0.6 is 0 Å². The molecule has 7 heteroatoms. The number of hydrogen-bond donors (Lipinski definition) is 3. The molecule has 0 spiro atoms. The van der Waals surface area contributed by atoms with Crippen molar-refractivity contribution in [2.75, 3.05) is 7.11 Å². The highest BCUT2D eigenvalue weighted by Crippen LogP contribution is 2.71. The van der Waals surface area contributed by atoms with Crippen molar-refractivity contribution in [3.05, 3.63) is 29.6 Å². The molecule has 0 radical (unpaired) electrons. The van der Waals surface area contributed by atoms with Crippen molar-refractivity contribution in [1.82, 2.24) is 0 Å². The molecular formula is C32H47F3O4. The van der Waals surface area contributed by atoms with Crippen LogP contribution in [0.2, 0.25) is 0 Å². The summed E-state index contributed by atoms with van der Waals surface area (Å²) in [5.41, 5.74) is -0.0443. The smallest absolute Gasteiger partial charge is 0.251 e. The van der Waals surface area contributed by atoms with E-state index in [1.54, 1.807) is 0 Å². The molecule has 39 heavy (non-hydrogen) atoms. The molecule has 4 aliphatic carbocycles. The minimum atomic E-state index is -2.84. The van der Waals surface area contributed by atoms with Crippen molar-refractivity contribution >= 4 is 0 Å². The predicted molar refractivity (Wildman–Crippen MR) is 144 cm³/mol. The molecule has 1 aromatic carbocycles. The molecule has 220 valence electrons. The number of aliphatic hydroxyl groups is 3. The van der Waals surface area contributed by atoms with Gasteiger partial charge in [0.25, 0.3) is 5.92 Å². The van der Waals surface area contributed by atoms with Crippen molar-refractivity contribution in [2.45, 2.75) is 109 Å². The molecular weight excluding hydrogens is 505 g/mol. The number of hydrogen-bond acceptors (Lipinski definition) is 4. The SMILES string of the molecule is COc1ccc(F)cc1C(O)CCC[C@@H](C)[C@H]1CC[C@H]2[C@H]3[C@H](CC[C@]12C)[C@@]1(C)CC[C@H](O)[C@H](O)[C@@H]1CC3(F)F. The zero-order valence-corrected chi connectivity index (χ0v) is 23.9. The van der Waals surface area contributed by atoms with Crippen LogP contribution in [0.4, 0.5) is 13.2 Å². The molecule has 0 heterocycles. The van der Waals surface area contributed by atoms with Crippen molar-refractivity contribution in [1.29, 1.82) is 0 Å². The lowest BCUT2D eigenvalue weighted by Crippen LogP contribution is -2.64. The molecule has 0 aliphatic heterocycles. The second kappa shape index (κ2) is 10.5. The molecule has 4 fully saturated rings. The standard InChI is InChI=1S/C32H47F3O4/c1-18(6-5-7-25(36)20-16-19(33)8-11-27(20)39-4)21-9-10-22-28-23(12-14-30(21,22)2)31(3)15-13-26(37)29(38)24(31)17-32(28,34)35/h8,11,16,18,21-26,28-29,36-38H,5-7,9-10,12-15,17H2,1-4H3/t18-,21-,22+,23+,24+,25?,26+,28+,29-,30-,31-/m1/s1. The minimum absolute atomic E-state index is 0.0392. The van der Waals surface area contributed by atoms with Crippen LogP contribution in [0.1, 0.15) is 96.6 Å². The number of rotatable bonds is 7. The molecule has 1 aromatic rings. The van der Waals surface area contributed by atoms with Gasteiger partial charge in [0.15, 0.2) is 0 Å². The molecule has 0 aromatic heterocycles. The third-order valence-corrected chi connectivity index (χ3v) is 12.2. The highest BCUT2D eigenvalue weighted by Gasteiger charge is 2.69. The van der Waals surface area contributed by atoms with Gasteiger partial charge in [-0.1, -0.05) is 33.6 Å². The van der Waals surface area contributed by atoms with Gasteiger partial charge in [0, 0.05) is 17.9 Å². The Balaban J connectivity index is 1.27. The van der Waals surface area contributed by atoms with Crippen LogP contribution in [0, 0.1) is 52.2 Å². The molecule has 4 aliphatic rings. The highest BCUT2D eigenvalue weighted by atomic mass is 19.3. The fourth-order valence-electron chi connectivity index (χ4n) is 10.1. The summed E-state index contributed by atoms with van der Waals surface area (Å²) < 4.78 is 51.1. The fourth-order valence-corrected chi connectivity index (χ4v) is 10.1. The zero-order valence-electron chi connectivity index (χ0n) is 23.9. The van der Waals surface area contributed by atoms with Crippen molar-refractivity contribution in [3.63, 3.8) is 0 Å². The molecule has 0 bridgehead atoms.